The number of H-pyrrole nitrogens is 1. The Kier molecular flexibility index (Phi) is 3.98. The fourth-order valence-electron chi connectivity index (χ4n) is 2.55. The maximum Gasteiger partial charge on any atom is 0.271 e. The van der Waals surface area contributed by atoms with Gasteiger partial charge in [-0.25, -0.2) is 4.98 Å². The van der Waals surface area contributed by atoms with Crippen LogP contribution in [0, 0.1) is 16.0 Å². The molecule has 0 spiro atoms. The number of nitrogens with one attached hydrogen (secondary N) is 2. The van der Waals surface area contributed by atoms with Gasteiger partial charge in [0, 0.05) is 17.9 Å². The molecule has 1 fully saturated rings. The zero-order chi connectivity index (χ0) is 14.8. The molecule has 7 nitrogen and oxygen atoms in total. The standard InChI is InChI=1S/C13H16N4O3S/c18-17(19)10-3-4-11-12(6-10)16-13(15-11)21(20)8-9-2-1-5-14-7-9/h3-4,6,9,14H,1-2,5,7-8H2,(H,15,16)/t9-,21-/m1/s1. The predicted molar refractivity (Wildman–Crippen MR) is 79.6 cm³/mol. The molecule has 0 amide bonds. The van der Waals surface area contributed by atoms with E-state index in [2.05, 4.69) is 15.3 Å². The number of benzene rings is 1. The summed E-state index contributed by atoms with van der Waals surface area (Å²) in [5, 5.41) is 14.4. The molecule has 2 heterocycles. The highest BCUT2D eigenvalue weighted by atomic mass is 32.2. The average molecular weight is 308 g/mol. The number of aromatic amines is 1. The summed E-state index contributed by atoms with van der Waals surface area (Å²) in [7, 11) is -1.21. The molecule has 2 N–H and O–H groups in total. The molecule has 2 aromatic rings. The lowest BCUT2D eigenvalue weighted by Crippen LogP contribution is -2.32. The second kappa shape index (κ2) is 5.90. The maximum absolute atomic E-state index is 12.4. The topological polar surface area (TPSA) is 101 Å². The van der Waals surface area contributed by atoms with Crippen LogP contribution in [-0.2, 0) is 10.8 Å². The predicted octanol–water partition coefficient (Wildman–Crippen LogP) is 1.58. The number of fused-ring (bicyclic) bond motifs is 1. The van der Waals surface area contributed by atoms with Gasteiger partial charge in [-0.3, -0.25) is 14.3 Å². The molecule has 1 aromatic carbocycles. The molecular weight excluding hydrogens is 292 g/mol. The first-order chi connectivity index (χ1) is 10.1. The molecule has 0 unspecified atom stereocenters. The van der Waals surface area contributed by atoms with E-state index in [-0.39, 0.29) is 5.69 Å². The average Bonchev–Trinajstić information content (AvgIpc) is 2.91. The van der Waals surface area contributed by atoms with Gasteiger partial charge in [0.25, 0.3) is 5.69 Å². The maximum atomic E-state index is 12.4. The number of nitro benzene ring substituents is 1. The van der Waals surface area contributed by atoms with Crippen LogP contribution in [0.4, 0.5) is 5.69 Å². The molecule has 1 aliphatic heterocycles. The number of nitro groups is 1. The highest BCUT2D eigenvalue weighted by molar-refractivity contribution is 7.84. The van der Waals surface area contributed by atoms with Gasteiger partial charge in [-0.1, -0.05) is 0 Å². The van der Waals surface area contributed by atoms with Gasteiger partial charge in [0.1, 0.15) is 0 Å². The Bertz CT molecular complexity index is 694. The Morgan fingerprint density at radius 1 is 1.48 bits per heavy atom. The molecule has 1 aromatic heterocycles. The summed E-state index contributed by atoms with van der Waals surface area (Å²) in [4.78, 5) is 17.5. The third-order valence-electron chi connectivity index (χ3n) is 3.66. The molecule has 1 saturated heterocycles. The lowest BCUT2D eigenvalue weighted by Gasteiger charge is -2.21. The quantitative estimate of drug-likeness (QED) is 0.659. The minimum atomic E-state index is -1.21. The van der Waals surface area contributed by atoms with Gasteiger partial charge in [0.2, 0.25) is 0 Å². The zero-order valence-electron chi connectivity index (χ0n) is 11.4. The molecule has 2 atom stereocenters. The summed E-state index contributed by atoms with van der Waals surface area (Å²) in [5.74, 6) is 0.955. The number of hydrogen-bond acceptors (Lipinski definition) is 5. The molecule has 21 heavy (non-hydrogen) atoms. The number of hydrogen-bond donors (Lipinski definition) is 2. The number of rotatable bonds is 4. The van der Waals surface area contributed by atoms with E-state index in [1.807, 2.05) is 0 Å². The van der Waals surface area contributed by atoms with Crippen LogP contribution < -0.4 is 5.32 Å². The van der Waals surface area contributed by atoms with Crippen molar-refractivity contribution < 1.29 is 9.13 Å². The molecule has 3 rings (SSSR count). The van der Waals surface area contributed by atoms with E-state index in [4.69, 9.17) is 0 Å². The summed E-state index contributed by atoms with van der Waals surface area (Å²) in [6.07, 6.45) is 2.18. The lowest BCUT2D eigenvalue weighted by molar-refractivity contribution is -0.384. The van der Waals surface area contributed by atoms with Gasteiger partial charge >= 0.3 is 0 Å². The van der Waals surface area contributed by atoms with Crippen LogP contribution in [-0.4, -0.2) is 37.9 Å². The molecular formula is C13H16N4O3S. The van der Waals surface area contributed by atoms with Gasteiger partial charge < -0.3 is 10.3 Å². The number of piperidine rings is 1. The van der Waals surface area contributed by atoms with E-state index in [1.54, 1.807) is 6.07 Å². The van der Waals surface area contributed by atoms with Crippen molar-refractivity contribution in [2.75, 3.05) is 18.8 Å². The first-order valence-corrected chi connectivity index (χ1v) is 8.18. The normalized spacial score (nSPS) is 20.5. The van der Waals surface area contributed by atoms with Gasteiger partial charge in [-0.15, -0.1) is 0 Å². The van der Waals surface area contributed by atoms with E-state index < -0.39 is 15.7 Å². The van der Waals surface area contributed by atoms with Crippen molar-refractivity contribution in [3.8, 4) is 0 Å². The Morgan fingerprint density at radius 3 is 3.05 bits per heavy atom. The Labute approximate surface area is 123 Å². The summed E-state index contributed by atoms with van der Waals surface area (Å²) in [5.41, 5.74) is 1.15. The van der Waals surface area contributed by atoms with Crippen molar-refractivity contribution in [2.24, 2.45) is 5.92 Å². The summed E-state index contributed by atoms with van der Waals surface area (Å²) in [6, 6.07) is 4.40. The van der Waals surface area contributed by atoms with Crippen molar-refractivity contribution >= 4 is 27.5 Å². The van der Waals surface area contributed by atoms with E-state index >= 15 is 0 Å². The first kappa shape index (κ1) is 14.2. The number of nitrogens with zero attached hydrogens (tertiary/aromatic N) is 2. The lowest BCUT2D eigenvalue weighted by atomic mass is 10.0. The Balaban J connectivity index is 1.79. The van der Waals surface area contributed by atoms with Crippen LogP contribution in [0.15, 0.2) is 23.4 Å². The molecule has 0 saturated carbocycles. The van der Waals surface area contributed by atoms with Crippen LogP contribution in [0.25, 0.3) is 11.0 Å². The van der Waals surface area contributed by atoms with Crippen LogP contribution in [0.5, 0.6) is 0 Å². The van der Waals surface area contributed by atoms with E-state index in [0.717, 1.165) is 25.9 Å². The third kappa shape index (κ3) is 3.11. The number of imidazole rings is 1. The summed E-state index contributed by atoms with van der Waals surface area (Å²) >= 11 is 0. The van der Waals surface area contributed by atoms with Crippen LogP contribution in [0.3, 0.4) is 0 Å². The highest BCUT2D eigenvalue weighted by Gasteiger charge is 2.19. The SMILES string of the molecule is O=[N+]([O-])c1ccc2nc([S@](=O)C[C@@H]3CCCNC3)[nH]c2c1. The summed E-state index contributed by atoms with van der Waals surface area (Å²) in [6.45, 7) is 1.91. The van der Waals surface area contributed by atoms with Crippen LogP contribution in [0.1, 0.15) is 12.8 Å². The van der Waals surface area contributed by atoms with E-state index in [0.29, 0.717) is 27.9 Å². The van der Waals surface area contributed by atoms with Crippen molar-refractivity contribution in [3.05, 3.63) is 28.3 Å². The van der Waals surface area contributed by atoms with Crippen molar-refractivity contribution in [2.45, 2.75) is 18.0 Å². The molecule has 8 heteroatoms. The second-order valence-electron chi connectivity index (χ2n) is 5.23. The van der Waals surface area contributed by atoms with Gasteiger partial charge in [-0.05, 0) is 37.9 Å². The Morgan fingerprint density at radius 2 is 2.33 bits per heavy atom. The van der Waals surface area contributed by atoms with Gasteiger partial charge in [-0.2, -0.15) is 0 Å². The smallest absolute Gasteiger partial charge is 0.271 e. The fraction of sp³-hybridized carbons (Fsp3) is 0.462. The molecule has 0 radical (unpaired) electrons. The summed E-state index contributed by atoms with van der Waals surface area (Å²) < 4.78 is 12.4. The van der Waals surface area contributed by atoms with Crippen molar-refractivity contribution in [3.63, 3.8) is 0 Å². The minimum Gasteiger partial charge on any atom is -0.331 e. The first-order valence-electron chi connectivity index (χ1n) is 6.87. The largest absolute Gasteiger partial charge is 0.331 e. The molecule has 1 aliphatic rings. The Hall–Kier alpha value is -1.80. The number of non-ortho nitro benzene ring substituents is 1. The second-order valence-corrected chi connectivity index (χ2v) is 6.64. The van der Waals surface area contributed by atoms with Gasteiger partial charge in [0.05, 0.1) is 26.8 Å². The zero-order valence-corrected chi connectivity index (χ0v) is 12.2. The van der Waals surface area contributed by atoms with Crippen molar-refractivity contribution in [1.82, 2.24) is 15.3 Å². The molecule has 0 aliphatic carbocycles. The van der Waals surface area contributed by atoms with Crippen LogP contribution in [0.2, 0.25) is 0 Å². The van der Waals surface area contributed by atoms with Gasteiger partial charge in [0.15, 0.2) is 5.16 Å². The van der Waals surface area contributed by atoms with E-state index in [1.165, 1.54) is 12.1 Å². The van der Waals surface area contributed by atoms with E-state index in [9.17, 15) is 14.3 Å². The highest BCUT2D eigenvalue weighted by Crippen LogP contribution is 2.21. The molecule has 0 bridgehead atoms. The monoisotopic (exact) mass is 308 g/mol. The fourth-order valence-corrected chi connectivity index (χ4v) is 3.85. The van der Waals surface area contributed by atoms with Crippen LogP contribution >= 0.6 is 0 Å². The molecule has 112 valence electrons. The van der Waals surface area contributed by atoms with Crippen molar-refractivity contribution in [1.29, 1.82) is 0 Å². The minimum absolute atomic E-state index is 0.0000344. The number of aromatic nitrogens is 2. The third-order valence-corrected chi connectivity index (χ3v) is 5.06.